The van der Waals surface area contributed by atoms with Crippen molar-refractivity contribution in [2.24, 2.45) is 0 Å². The third-order valence-electron chi connectivity index (χ3n) is 3.18. The van der Waals surface area contributed by atoms with E-state index in [1.165, 1.54) is 0 Å². The second kappa shape index (κ2) is 5.97. The van der Waals surface area contributed by atoms with E-state index in [2.05, 4.69) is 17.2 Å². The van der Waals surface area contributed by atoms with Gasteiger partial charge < -0.3 is 10.4 Å². The summed E-state index contributed by atoms with van der Waals surface area (Å²) < 4.78 is 0. The van der Waals surface area contributed by atoms with Gasteiger partial charge in [-0.15, -0.1) is 0 Å². The van der Waals surface area contributed by atoms with Gasteiger partial charge in [-0.05, 0) is 31.9 Å². The van der Waals surface area contributed by atoms with Gasteiger partial charge >= 0.3 is 0 Å². The Kier molecular flexibility index (Phi) is 4.90. The minimum atomic E-state index is -0.594. The molecule has 0 aliphatic carbocycles. The third kappa shape index (κ3) is 3.58. The molecule has 1 rings (SSSR count). The molecule has 16 heavy (non-hydrogen) atoms. The lowest BCUT2D eigenvalue weighted by Gasteiger charge is -2.27. The molecule has 0 radical (unpaired) electrons. The molecule has 0 amide bonds. The van der Waals surface area contributed by atoms with Gasteiger partial charge in [0.05, 0.1) is 11.3 Å². The SMILES string of the molecule is CCC(O)(CC)CNC(C)c1ccccn1. The smallest absolute Gasteiger partial charge is 0.0766 e. The molecule has 1 atom stereocenters. The van der Waals surface area contributed by atoms with E-state index in [0.717, 1.165) is 18.5 Å². The van der Waals surface area contributed by atoms with Crippen LogP contribution in [0.25, 0.3) is 0 Å². The van der Waals surface area contributed by atoms with Crippen LogP contribution in [0.5, 0.6) is 0 Å². The first-order chi connectivity index (χ1) is 7.61. The Balaban J connectivity index is 2.50. The summed E-state index contributed by atoms with van der Waals surface area (Å²) in [6, 6.07) is 6.05. The Labute approximate surface area is 97.9 Å². The molecule has 2 N–H and O–H groups in total. The van der Waals surface area contributed by atoms with E-state index in [4.69, 9.17) is 0 Å². The summed E-state index contributed by atoms with van der Waals surface area (Å²) in [7, 11) is 0. The summed E-state index contributed by atoms with van der Waals surface area (Å²) in [5.41, 5.74) is 0.417. The van der Waals surface area contributed by atoms with E-state index < -0.39 is 5.60 Å². The Morgan fingerprint density at radius 3 is 2.56 bits per heavy atom. The predicted octanol–water partition coefficient (Wildman–Crippen LogP) is 2.28. The quantitative estimate of drug-likeness (QED) is 0.776. The van der Waals surface area contributed by atoms with Gasteiger partial charge in [0.15, 0.2) is 0 Å². The van der Waals surface area contributed by atoms with Crippen LogP contribution in [0.2, 0.25) is 0 Å². The number of aliphatic hydroxyl groups is 1. The topological polar surface area (TPSA) is 45.1 Å². The Morgan fingerprint density at radius 2 is 2.06 bits per heavy atom. The first kappa shape index (κ1) is 13.1. The summed E-state index contributed by atoms with van der Waals surface area (Å²) in [5.74, 6) is 0. The highest BCUT2D eigenvalue weighted by Gasteiger charge is 2.22. The summed E-state index contributed by atoms with van der Waals surface area (Å²) >= 11 is 0. The normalized spacial score (nSPS) is 13.8. The molecule has 0 spiro atoms. The van der Waals surface area contributed by atoms with Crippen molar-refractivity contribution in [3.8, 4) is 0 Å². The zero-order valence-electron chi connectivity index (χ0n) is 10.4. The van der Waals surface area contributed by atoms with E-state index >= 15 is 0 Å². The summed E-state index contributed by atoms with van der Waals surface area (Å²) in [6.45, 7) is 6.69. The lowest BCUT2D eigenvalue weighted by atomic mass is 9.97. The molecule has 0 saturated heterocycles. The van der Waals surface area contributed by atoms with Crippen LogP contribution in [0.4, 0.5) is 0 Å². The highest BCUT2D eigenvalue weighted by molar-refractivity contribution is 5.07. The molecule has 3 heteroatoms. The van der Waals surface area contributed by atoms with Crippen molar-refractivity contribution in [3.63, 3.8) is 0 Å². The lowest BCUT2D eigenvalue weighted by molar-refractivity contribution is 0.0302. The minimum Gasteiger partial charge on any atom is -0.389 e. The van der Waals surface area contributed by atoms with Crippen molar-refractivity contribution in [3.05, 3.63) is 30.1 Å². The zero-order chi connectivity index (χ0) is 12.0. The third-order valence-corrected chi connectivity index (χ3v) is 3.18. The van der Waals surface area contributed by atoms with Crippen LogP contribution in [0.15, 0.2) is 24.4 Å². The van der Waals surface area contributed by atoms with Gasteiger partial charge in [0.2, 0.25) is 0 Å². The molecular formula is C13H22N2O. The maximum absolute atomic E-state index is 10.1. The van der Waals surface area contributed by atoms with E-state index in [9.17, 15) is 5.11 Å². The van der Waals surface area contributed by atoms with Crippen LogP contribution in [0.1, 0.15) is 45.3 Å². The van der Waals surface area contributed by atoms with Crippen LogP contribution >= 0.6 is 0 Å². The molecule has 1 aromatic rings. The second-order valence-electron chi connectivity index (χ2n) is 4.29. The largest absolute Gasteiger partial charge is 0.389 e. The van der Waals surface area contributed by atoms with Crippen LogP contribution < -0.4 is 5.32 Å². The van der Waals surface area contributed by atoms with Gasteiger partial charge in [-0.3, -0.25) is 4.98 Å². The average Bonchev–Trinajstić information content (AvgIpc) is 2.36. The van der Waals surface area contributed by atoms with Crippen LogP contribution in [-0.2, 0) is 0 Å². The van der Waals surface area contributed by atoms with E-state index in [1.807, 2.05) is 32.0 Å². The number of rotatable bonds is 6. The Bertz CT molecular complexity index is 296. The van der Waals surface area contributed by atoms with E-state index in [1.54, 1.807) is 6.20 Å². The molecule has 0 aliphatic rings. The van der Waals surface area contributed by atoms with Crippen LogP contribution in [-0.4, -0.2) is 22.2 Å². The van der Waals surface area contributed by atoms with Crippen molar-refractivity contribution in [2.45, 2.75) is 45.3 Å². The molecule has 90 valence electrons. The molecular weight excluding hydrogens is 200 g/mol. The second-order valence-corrected chi connectivity index (χ2v) is 4.29. The highest BCUT2D eigenvalue weighted by atomic mass is 16.3. The molecule has 0 bridgehead atoms. The summed E-state index contributed by atoms with van der Waals surface area (Å²) in [6.07, 6.45) is 3.33. The van der Waals surface area contributed by atoms with Gasteiger partial charge in [0.1, 0.15) is 0 Å². The lowest BCUT2D eigenvalue weighted by Crippen LogP contribution is -2.40. The number of pyridine rings is 1. The fourth-order valence-corrected chi connectivity index (χ4v) is 1.58. The Hall–Kier alpha value is -0.930. The van der Waals surface area contributed by atoms with Crippen molar-refractivity contribution in [1.82, 2.24) is 10.3 Å². The molecule has 0 fully saturated rings. The van der Waals surface area contributed by atoms with Gasteiger partial charge in [0, 0.05) is 18.8 Å². The first-order valence-electron chi connectivity index (χ1n) is 5.98. The molecule has 1 heterocycles. The molecule has 0 aliphatic heterocycles. The van der Waals surface area contributed by atoms with E-state index in [-0.39, 0.29) is 6.04 Å². The van der Waals surface area contributed by atoms with Gasteiger partial charge in [0.25, 0.3) is 0 Å². The van der Waals surface area contributed by atoms with Gasteiger partial charge in [-0.2, -0.15) is 0 Å². The maximum Gasteiger partial charge on any atom is 0.0766 e. The van der Waals surface area contributed by atoms with Crippen molar-refractivity contribution in [2.75, 3.05) is 6.54 Å². The molecule has 1 unspecified atom stereocenters. The average molecular weight is 222 g/mol. The molecule has 1 aromatic heterocycles. The monoisotopic (exact) mass is 222 g/mol. The first-order valence-corrected chi connectivity index (χ1v) is 5.98. The summed E-state index contributed by atoms with van der Waals surface area (Å²) in [4.78, 5) is 4.29. The predicted molar refractivity (Wildman–Crippen MR) is 66.2 cm³/mol. The molecule has 3 nitrogen and oxygen atoms in total. The van der Waals surface area contributed by atoms with Gasteiger partial charge in [-0.25, -0.2) is 0 Å². The van der Waals surface area contributed by atoms with Crippen molar-refractivity contribution in [1.29, 1.82) is 0 Å². The van der Waals surface area contributed by atoms with Crippen LogP contribution in [0, 0.1) is 0 Å². The standard InChI is InChI=1S/C13H22N2O/c1-4-13(16,5-2)10-15-11(3)12-8-6-7-9-14-12/h6-9,11,15-16H,4-5,10H2,1-3H3. The van der Waals surface area contributed by atoms with Crippen molar-refractivity contribution >= 4 is 0 Å². The fraction of sp³-hybridized carbons (Fsp3) is 0.615. The highest BCUT2D eigenvalue weighted by Crippen LogP contribution is 2.15. The minimum absolute atomic E-state index is 0.172. The van der Waals surface area contributed by atoms with Gasteiger partial charge in [-0.1, -0.05) is 19.9 Å². The fourth-order valence-electron chi connectivity index (χ4n) is 1.58. The number of nitrogens with one attached hydrogen (secondary N) is 1. The maximum atomic E-state index is 10.1. The van der Waals surface area contributed by atoms with Crippen molar-refractivity contribution < 1.29 is 5.11 Å². The zero-order valence-corrected chi connectivity index (χ0v) is 10.4. The number of hydrogen-bond donors (Lipinski definition) is 2. The molecule has 0 aromatic carbocycles. The van der Waals surface area contributed by atoms with Crippen LogP contribution in [0.3, 0.4) is 0 Å². The number of hydrogen-bond acceptors (Lipinski definition) is 3. The number of aromatic nitrogens is 1. The molecule has 0 saturated carbocycles. The number of nitrogens with zero attached hydrogens (tertiary/aromatic N) is 1. The Morgan fingerprint density at radius 1 is 1.38 bits per heavy atom. The van der Waals surface area contributed by atoms with E-state index in [0.29, 0.717) is 6.54 Å². The summed E-state index contributed by atoms with van der Waals surface area (Å²) in [5, 5.41) is 13.5.